The zero-order valence-electron chi connectivity index (χ0n) is 12.4. The number of anilines is 1. The van der Waals surface area contributed by atoms with Crippen molar-refractivity contribution in [2.45, 2.75) is 52.4 Å². The Hall–Kier alpha value is -1.35. The van der Waals surface area contributed by atoms with Crippen molar-refractivity contribution in [3.63, 3.8) is 0 Å². The Kier molecular flexibility index (Phi) is 6.03. The molecule has 1 amide bonds. The van der Waals surface area contributed by atoms with E-state index in [1.807, 2.05) is 6.07 Å². The highest BCUT2D eigenvalue weighted by atomic mass is 16.3. The Morgan fingerprint density at radius 1 is 1.21 bits per heavy atom. The molecule has 0 bridgehead atoms. The second kappa shape index (κ2) is 7.29. The fourth-order valence-electron chi connectivity index (χ4n) is 1.98. The van der Waals surface area contributed by atoms with Gasteiger partial charge < -0.3 is 10.4 Å². The first-order valence-corrected chi connectivity index (χ1v) is 7.00. The second-order valence-electron chi connectivity index (χ2n) is 5.53. The van der Waals surface area contributed by atoms with E-state index in [1.54, 1.807) is 0 Å². The lowest BCUT2D eigenvalue weighted by molar-refractivity contribution is -0.116. The van der Waals surface area contributed by atoms with Crippen LogP contribution in [-0.4, -0.2) is 17.6 Å². The van der Waals surface area contributed by atoms with Gasteiger partial charge in [-0.05, 0) is 35.4 Å². The summed E-state index contributed by atoms with van der Waals surface area (Å²) in [5, 5.41) is 11.7. The van der Waals surface area contributed by atoms with Gasteiger partial charge in [-0.3, -0.25) is 4.79 Å². The molecule has 0 aromatic heterocycles. The van der Waals surface area contributed by atoms with Crippen LogP contribution in [-0.2, 0) is 4.79 Å². The molecule has 19 heavy (non-hydrogen) atoms. The average molecular weight is 263 g/mol. The molecule has 1 aromatic rings. The van der Waals surface area contributed by atoms with Crippen LogP contribution < -0.4 is 5.32 Å². The first-order chi connectivity index (χ1) is 8.95. The summed E-state index contributed by atoms with van der Waals surface area (Å²) in [6.07, 6.45) is 0.868. The van der Waals surface area contributed by atoms with Crippen LogP contribution in [0.1, 0.15) is 63.5 Å². The van der Waals surface area contributed by atoms with Gasteiger partial charge in [-0.15, -0.1) is 0 Å². The Bertz CT molecular complexity index is 425. The minimum absolute atomic E-state index is 0.0340. The lowest BCUT2D eigenvalue weighted by Crippen LogP contribution is -2.14. The Morgan fingerprint density at radius 3 is 2.42 bits per heavy atom. The minimum Gasteiger partial charge on any atom is -0.396 e. The molecule has 0 saturated heterocycles. The van der Waals surface area contributed by atoms with Gasteiger partial charge in [-0.2, -0.15) is 0 Å². The van der Waals surface area contributed by atoms with E-state index in [0.717, 1.165) is 5.69 Å². The van der Waals surface area contributed by atoms with Crippen molar-refractivity contribution < 1.29 is 9.90 Å². The number of aliphatic hydroxyl groups excluding tert-OH is 1. The average Bonchev–Trinajstić information content (AvgIpc) is 2.36. The number of carbonyl (C=O) groups excluding carboxylic acids is 1. The van der Waals surface area contributed by atoms with Crippen LogP contribution in [0.5, 0.6) is 0 Å². The topological polar surface area (TPSA) is 49.3 Å². The summed E-state index contributed by atoms with van der Waals surface area (Å²) in [5.41, 5.74) is 3.35. The van der Waals surface area contributed by atoms with Gasteiger partial charge in [-0.1, -0.05) is 39.8 Å². The number of hydrogen-bond donors (Lipinski definition) is 2. The van der Waals surface area contributed by atoms with Crippen molar-refractivity contribution in [1.82, 2.24) is 0 Å². The molecule has 3 heteroatoms. The molecule has 0 radical (unpaired) electrons. The highest BCUT2D eigenvalue weighted by molar-refractivity contribution is 5.91. The van der Waals surface area contributed by atoms with Gasteiger partial charge in [0.2, 0.25) is 5.91 Å². The summed E-state index contributed by atoms with van der Waals surface area (Å²) < 4.78 is 0. The molecule has 0 fully saturated rings. The monoisotopic (exact) mass is 263 g/mol. The van der Waals surface area contributed by atoms with E-state index >= 15 is 0 Å². The van der Waals surface area contributed by atoms with Crippen LogP contribution >= 0.6 is 0 Å². The molecule has 0 aliphatic rings. The summed E-state index contributed by atoms with van der Waals surface area (Å²) in [4.78, 5) is 11.7. The van der Waals surface area contributed by atoms with E-state index in [1.165, 1.54) is 11.1 Å². The van der Waals surface area contributed by atoms with Gasteiger partial charge in [0.1, 0.15) is 0 Å². The summed E-state index contributed by atoms with van der Waals surface area (Å²) in [6.45, 7) is 8.64. The van der Waals surface area contributed by atoms with Crippen LogP contribution in [0, 0.1) is 0 Å². The highest BCUT2D eigenvalue weighted by Crippen LogP contribution is 2.28. The van der Waals surface area contributed by atoms with E-state index < -0.39 is 0 Å². The maximum absolute atomic E-state index is 11.7. The van der Waals surface area contributed by atoms with Crippen LogP contribution in [0.3, 0.4) is 0 Å². The molecule has 3 nitrogen and oxygen atoms in total. The SMILES string of the molecule is CC(C)c1ccc(NC(=O)CCCO)c(C(C)C)c1. The lowest BCUT2D eigenvalue weighted by atomic mass is 9.94. The molecule has 1 rings (SSSR count). The Balaban J connectivity index is 2.91. The summed E-state index contributed by atoms with van der Waals surface area (Å²) in [6, 6.07) is 6.23. The molecule has 0 heterocycles. The van der Waals surface area contributed by atoms with E-state index in [0.29, 0.717) is 24.7 Å². The van der Waals surface area contributed by atoms with Crippen molar-refractivity contribution >= 4 is 11.6 Å². The number of rotatable bonds is 6. The van der Waals surface area contributed by atoms with Crippen LogP contribution in [0.2, 0.25) is 0 Å². The molecule has 106 valence electrons. The maximum atomic E-state index is 11.7. The molecule has 0 unspecified atom stereocenters. The van der Waals surface area contributed by atoms with Crippen molar-refractivity contribution in [2.75, 3.05) is 11.9 Å². The van der Waals surface area contributed by atoms with Gasteiger partial charge in [0.25, 0.3) is 0 Å². The largest absolute Gasteiger partial charge is 0.396 e. The number of benzene rings is 1. The highest BCUT2D eigenvalue weighted by Gasteiger charge is 2.11. The molecule has 2 N–H and O–H groups in total. The third-order valence-corrected chi connectivity index (χ3v) is 3.20. The molecule has 0 aliphatic heterocycles. The van der Waals surface area contributed by atoms with Gasteiger partial charge in [0.05, 0.1) is 0 Å². The fraction of sp³-hybridized carbons (Fsp3) is 0.562. The smallest absolute Gasteiger partial charge is 0.224 e. The zero-order chi connectivity index (χ0) is 14.4. The molecule has 0 saturated carbocycles. The third kappa shape index (κ3) is 4.67. The molecule has 0 atom stereocenters. The fourth-order valence-corrected chi connectivity index (χ4v) is 1.98. The maximum Gasteiger partial charge on any atom is 0.224 e. The molecular weight excluding hydrogens is 238 g/mol. The minimum atomic E-state index is -0.0340. The summed E-state index contributed by atoms with van der Waals surface area (Å²) in [5.74, 6) is 0.816. The van der Waals surface area contributed by atoms with Gasteiger partial charge in [0.15, 0.2) is 0 Å². The molecular formula is C16H25NO2. The van der Waals surface area contributed by atoms with Crippen LogP contribution in [0.4, 0.5) is 5.69 Å². The quantitative estimate of drug-likeness (QED) is 0.823. The van der Waals surface area contributed by atoms with Crippen molar-refractivity contribution in [1.29, 1.82) is 0 Å². The second-order valence-corrected chi connectivity index (χ2v) is 5.53. The van der Waals surface area contributed by atoms with Crippen molar-refractivity contribution in [3.05, 3.63) is 29.3 Å². The number of amides is 1. The first-order valence-electron chi connectivity index (χ1n) is 7.00. The molecule has 0 aliphatic carbocycles. The number of carbonyl (C=O) groups is 1. The van der Waals surface area contributed by atoms with Crippen LogP contribution in [0.25, 0.3) is 0 Å². The van der Waals surface area contributed by atoms with E-state index in [2.05, 4.69) is 45.1 Å². The predicted molar refractivity (Wildman–Crippen MR) is 79.6 cm³/mol. The molecule has 1 aromatic carbocycles. The van der Waals surface area contributed by atoms with Gasteiger partial charge >= 0.3 is 0 Å². The van der Waals surface area contributed by atoms with E-state index in [4.69, 9.17) is 5.11 Å². The zero-order valence-corrected chi connectivity index (χ0v) is 12.4. The van der Waals surface area contributed by atoms with E-state index in [-0.39, 0.29) is 12.5 Å². The first kappa shape index (κ1) is 15.7. The van der Waals surface area contributed by atoms with E-state index in [9.17, 15) is 4.79 Å². The predicted octanol–water partition coefficient (Wildman–Crippen LogP) is 3.64. The summed E-state index contributed by atoms with van der Waals surface area (Å²) >= 11 is 0. The third-order valence-electron chi connectivity index (χ3n) is 3.20. The summed E-state index contributed by atoms with van der Waals surface area (Å²) in [7, 11) is 0. The van der Waals surface area contributed by atoms with Crippen molar-refractivity contribution in [2.24, 2.45) is 0 Å². The Labute approximate surface area is 116 Å². The van der Waals surface area contributed by atoms with Crippen LogP contribution in [0.15, 0.2) is 18.2 Å². The number of nitrogens with one attached hydrogen (secondary N) is 1. The normalized spacial score (nSPS) is 11.1. The van der Waals surface area contributed by atoms with Gasteiger partial charge in [-0.25, -0.2) is 0 Å². The van der Waals surface area contributed by atoms with Crippen molar-refractivity contribution in [3.8, 4) is 0 Å². The standard InChI is InChI=1S/C16H25NO2/c1-11(2)13-7-8-15(14(10-13)12(3)4)17-16(19)6-5-9-18/h7-8,10-12,18H,5-6,9H2,1-4H3,(H,17,19). The lowest BCUT2D eigenvalue weighted by Gasteiger charge is -2.17. The number of aliphatic hydroxyl groups is 1. The van der Waals surface area contributed by atoms with Gasteiger partial charge in [0, 0.05) is 18.7 Å². The Morgan fingerprint density at radius 2 is 1.89 bits per heavy atom. The molecule has 0 spiro atoms. The number of hydrogen-bond acceptors (Lipinski definition) is 2.